The first-order valence-corrected chi connectivity index (χ1v) is 10.6. The van der Waals surface area contributed by atoms with Crippen molar-refractivity contribution < 1.29 is 9.59 Å². The van der Waals surface area contributed by atoms with Gasteiger partial charge >= 0.3 is 0 Å². The molecule has 2 aliphatic rings. The molecule has 27 heavy (non-hydrogen) atoms. The van der Waals surface area contributed by atoms with Gasteiger partial charge in [-0.25, -0.2) is 0 Å². The summed E-state index contributed by atoms with van der Waals surface area (Å²) < 4.78 is 0. The molecule has 0 aromatic heterocycles. The van der Waals surface area contributed by atoms with Crippen LogP contribution < -0.4 is 16.0 Å². The lowest BCUT2D eigenvalue weighted by Gasteiger charge is -2.33. The van der Waals surface area contributed by atoms with Gasteiger partial charge in [-0.05, 0) is 55.9 Å². The van der Waals surface area contributed by atoms with Gasteiger partial charge in [0.25, 0.3) is 5.91 Å². The SMILES string of the molecule is NC(=O)[C@H]1CCCN(c2ccc(C(=O)NCC3CCCCCCC3)cc2)C1. The quantitative estimate of drug-likeness (QED) is 0.832. The van der Waals surface area contributed by atoms with Gasteiger partial charge in [0.15, 0.2) is 0 Å². The maximum absolute atomic E-state index is 12.5. The number of piperidine rings is 1. The van der Waals surface area contributed by atoms with Crippen molar-refractivity contribution in [2.75, 3.05) is 24.5 Å². The summed E-state index contributed by atoms with van der Waals surface area (Å²) in [5, 5.41) is 3.12. The summed E-state index contributed by atoms with van der Waals surface area (Å²) in [6, 6.07) is 7.73. The number of rotatable bonds is 5. The van der Waals surface area contributed by atoms with E-state index in [2.05, 4.69) is 10.2 Å². The number of amides is 2. The van der Waals surface area contributed by atoms with Crippen LogP contribution in [-0.2, 0) is 4.79 Å². The molecular weight excluding hydrogens is 338 g/mol. The van der Waals surface area contributed by atoms with Crippen molar-refractivity contribution in [3.05, 3.63) is 29.8 Å². The number of carbonyl (C=O) groups excluding carboxylic acids is 2. The first kappa shape index (κ1) is 19.7. The van der Waals surface area contributed by atoms with Crippen LogP contribution in [0.2, 0.25) is 0 Å². The molecule has 1 aromatic rings. The Morgan fingerprint density at radius 1 is 0.963 bits per heavy atom. The van der Waals surface area contributed by atoms with E-state index in [1.165, 1.54) is 44.9 Å². The number of hydrogen-bond donors (Lipinski definition) is 2. The van der Waals surface area contributed by atoms with Gasteiger partial charge in [0.05, 0.1) is 5.92 Å². The van der Waals surface area contributed by atoms with Crippen molar-refractivity contribution in [2.45, 2.75) is 57.8 Å². The maximum Gasteiger partial charge on any atom is 0.251 e. The molecule has 148 valence electrons. The molecule has 3 rings (SSSR count). The second kappa shape index (κ2) is 9.77. The van der Waals surface area contributed by atoms with E-state index in [0.717, 1.165) is 31.6 Å². The largest absolute Gasteiger partial charge is 0.371 e. The van der Waals surface area contributed by atoms with E-state index < -0.39 is 0 Å². The van der Waals surface area contributed by atoms with Crippen LogP contribution in [0.4, 0.5) is 5.69 Å². The van der Waals surface area contributed by atoms with E-state index in [0.29, 0.717) is 18.0 Å². The Hall–Kier alpha value is -2.04. The molecule has 0 radical (unpaired) electrons. The minimum absolute atomic E-state index is 0.0114. The summed E-state index contributed by atoms with van der Waals surface area (Å²) in [5.41, 5.74) is 7.22. The molecule has 1 aliphatic heterocycles. The van der Waals surface area contributed by atoms with Crippen molar-refractivity contribution in [3.63, 3.8) is 0 Å². The fraction of sp³-hybridized carbons (Fsp3) is 0.636. The van der Waals surface area contributed by atoms with Crippen LogP contribution >= 0.6 is 0 Å². The van der Waals surface area contributed by atoms with Crippen LogP contribution in [-0.4, -0.2) is 31.4 Å². The van der Waals surface area contributed by atoms with Crippen LogP contribution in [0.15, 0.2) is 24.3 Å². The number of carbonyl (C=O) groups is 2. The van der Waals surface area contributed by atoms with Gasteiger partial charge in [0.2, 0.25) is 5.91 Å². The van der Waals surface area contributed by atoms with Crippen molar-refractivity contribution in [3.8, 4) is 0 Å². The fourth-order valence-electron chi connectivity index (χ4n) is 4.35. The highest BCUT2D eigenvalue weighted by Gasteiger charge is 2.24. The third kappa shape index (κ3) is 5.72. The molecule has 1 saturated carbocycles. The summed E-state index contributed by atoms with van der Waals surface area (Å²) >= 11 is 0. The Kier molecular flexibility index (Phi) is 7.13. The zero-order chi connectivity index (χ0) is 19.1. The van der Waals surface area contributed by atoms with Crippen LogP contribution in [0.1, 0.15) is 68.1 Å². The van der Waals surface area contributed by atoms with Gasteiger partial charge in [0.1, 0.15) is 0 Å². The lowest BCUT2D eigenvalue weighted by Crippen LogP contribution is -2.41. The zero-order valence-corrected chi connectivity index (χ0v) is 16.3. The van der Waals surface area contributed by atoms with Gasteiger partial charge in [-0.2, -0.15) is 0 Å². The molecule has 0 unspecified atom stereocenters. The summed E-state index contributed by atoms with van der Waals surface area (Å²) in [6.45, 7) is 2.38. The number of anilines is 1. The number of nitrogens with two attached hydrogens (primary N) is 1. The highest BCUT2D eigenvalue weighted by Crippen LogP contribution is 2.24. The summed E-state index contributed by atoms with van der Waals surface area (Å²) in [4.78, 5) is 26.1. The van der Waals surface area contributed by atoms with Gasteiger partial charge in [-0.3, -0.25) is 9.59 Å². The third-order valence-electron chi connectivity index (χ3n) is 6.09. The molecule has 2 fully saturated rings. The Balaban J connectivity index is 1.51. The Morgan fingerprint density at radius 2 is 1.63 bits per heavy atom. The van der Waals surface area contributed by atoms with Crippen molar-refractivity contribution in [1.29, 1.82) is 0 Å². The molecule has 1 saturated heterocycles. The normalized spacial score (nSPS) is 21.9. The predicted octanol–water partition coefficient (Wildman–Crippen LogP) is 3.48. The van der Waals surface area contributed by atoms with Gasteiger partial charge < -0.3 is 16.0 Å². The smallest absolute Gasteiger partial charge is 0.251 e. The zero-order valence-electron chi connectivity index (χ0n) is 16.3. The molecule has 3 N–H and O–H groups in total. The molecule has 1 aliphatic carbocycles. The van der Waals surface area contributed by atoms with Crippen molar-refractivity contribution >= 4 is 17.5 Å². The topological polar surface area (TPSA) is 75.4 Å². The van der Waals surface area contributed by atoms with Gasteiger partial charge in [-0.1, -0.05) is 32.1 Å². The van der Waals surface area contributed by atoms with E-state index in [4.69, 9.17) is 5.73 Å². The van der Waals surface area contributed by atoms with E-state index >= 15 is 0 Å². The van der Waals surface area contributed by atoms with Crippen LogP contribution in [0.3, 0.4) is 0 Å². The number of benzene rings is 1. The molecule has 0 bridgehead atoms. The van der Waals surface area contributed by atoms with Crippen molar-refractivity contribution in [1.82, 2.24) is 5.32 Å². The molecular formula is C22H33N3O2. The van der Waals surface area contributed by atoms with E-state index in [1.54, 1.807) is 0 Å². The van der Waals surface area contributed by atoms with Crippen LogP contribution in [0, 0.1) is 11.8 Å². The number of nitrogens with one attached hydrogen (secondary N) is 1. The number of primary amides is 1. The van der Waals surface area contributed by atoms with Crippen molar-refractivity contribution in [2.24, 2.45) is 17.6 Å². The van der Waals surface area contributed by atoms with E-state index in [-0.39, 0.29) is 17.7 Å². The number of hydrogen-bond acceptors (Lipinski definition) is 3. The van der Waals surface area contributed by atoms with Gasteiger partial charge in [-0.15, -0.1) is 0 Å². The monoisotopic (exact) mass is 371 g/mol. The van der Waals surface area contributed by atoms with Crippen LogP contribution in [0.25, 0.3) is 0 Å². The Morgan fingerprint density at radius 3 is 2.30 bits per heavy atom. The minimum atomic E-state index is -0.218. The highest BCUT2D eigenvalue weighted by molar-refractivity contribution is 5.94. The van der Waals surface area contributed by atoms with Crippen LogP contribution in [0.5, 0.6) is 0 Å². The summed E-state index contributed by atoms with van der Waals surface area (Å²) in [7, 11) is 0. The van der Waals surface area contributed by atoms with E-state index in [1.807, 2.05) is 24.3 Å². The molecule has 1 aromatic carbocycles. The third-order valence-corrected chi connectivity index (χ3v) is 6.09. The second-order valence-electron chi connectivity index (χ2n) is 8.16. The Labute approximate surface area is 162 Å². The summed E-state index contributed by atoms with van der Waals surface area (Å²) in [5.74, 6) is 0.334. The van der Waals surface area contributed by atoms with E-state index in [9.17, 15) is 9.59 Å². The molecule has 0 spiro atoms. The average molecular weight is 372 g/mol. The highest BCUT2D eigenvalue weighted by atomic mass is 16.2. The minimum Gasteiger partial charge on any atom is -0.371 e. The summed E-state index contributed by atoms with van der Waals surface area (Å²) in [6.07, 6.45) is 10.9. The lowest BCUT2D eigenvalue weighted by molar-refractivity contribution is -0.122. The fourth-order valence-corrected chi connectivity index (χ4v) is 4.35. The molecule has 5 heteroatoms. The molecule has 5 nitrogen and oxygen atoms in total. The first-order chi connectivity index (χ1) is 13.1. The Bertz CT molecular complexity index is 621. The maximum atomic E-state index is 12.5. The lowest BCUT2D eigenvalue weighted by atomic mass is 9.91. The predicted molar refractivity (Wildman–Crippen MR) is 109 cm³/mol. The molecule has 2 amide bonds. The average Bonchev–Trinajstić information content (AvgIpc) is 2.67. The van der Waals surface area contributed by atoms with Gasteiger partial charge in [0, 0.05) is 30.9 Å². The number of nitrogens with zero attached hydrogens (tertiary/aromatic N) is 1. The molecule has 1 atom stereocenters. The molecule has 1 heterocycles. The standard InChI is InChI=1S/C22H33N3O2/c23-21(26)19-9-6-14-25(16-19)20-12-10-18(11-13-20)22(27)24-15-17-7-4-2-1-3-5-8-17/h10-13,17,19H,1-9,14-16H2,(H2,23,26)(H,24,27)/t19-/m0/s1. The second-order valence-corrected chi connectivity index (χ2v) is 8.16. The first-order valence-electron chi connectivity index (χ1n) is 10.6.